The molecular weight excluding hydrogens is 316 g/mol. The minimum Gasteiger partial charge on any atom is -0.339 e. The van der Waals surface area contributed by atoms with Crippen LogP contribution in [-0.4, -0.2) is 32.5 Å². The monoisotopic (exact) mass is 334 g/mol. The van der Waals surface area contributed by atoms with E-state index < -0.39 is 0 Å². The van der Waals surface area contributed by atoms with Crippen molar-refractivity contribution in [3.8, 4) is 11.4 Å². The summed E-state index contributed by atoms with van der Waals surface area (Å²) in [6.45, 7) is 3.27. The van der Waals surface area contributed by atoms with E-state index in [2.05, 4.69) is 34.2 Å². The third-order valence-electron chi connectivity index (χ3n) is 4.40. The average Bonchev–Trinajstić information content (AvgIpc) is 3.23. The maximum atomic E-state index is 12.4. The summed E-state index contributed by atoms with van der Waals surface area (Å²) in [7, 11) is 0. The number of amides is 1. The number of likely N-dealkylation sites (tertiary alicyclic amines) is 1. The van der Waals surface area contributed by atoms with Crippen LogP contribution in [0, 0.1) is 6.92 Å². The molecule has 1 saturated heterocycles. The molecule has 1 aromatic carbocycles. The van der Waals surface area contributed by atoms with Gasteiger partial charge in [0, 0.05) is 37.5 Å². The average molecular weight is 334 g/mol. The van der Waals surface area contributed by atoms with Gasteiger partial charge in [0.25, 0.3) is 0 Å². The van der Waals surface area contributed by atoms with Crippen LogP contribution in [0.15, 0.2) is 53.3 Å². The molecule has 1 unspecified atom stereocenters. The second-order valence-electron chi connectivity index (χ2n) is 6.36. The number of rotatable bonds is 4. The minimum atomic E-state index is -0.0552. The summed E-state index contributed by atoms with van der Waals surface area (Å²) in [5.41, 5.74) is 3.18. The van der Waals surface area contributed by atoms with Crippen LogP contribution >= 0.6 is 0 Å². The zero-order chi connectivity index (χ0) is 17.2. The first-order chi connectivity index (χ1) is 12.2. The zero-order valence-electron chi connectivity index (χ0n) is 13.9. The fraction of sp³-hybridized carbons (Fsp3) is 0.263. The van der Waals surface area contributed by atoms with Crippen LogP contribution in [0.25, 0.3) is 11.4 Å². The third kappa shape index (κ3) is 3.28. The molecule has 1 amide bonds. The number of carbonyl (C=O) groups excluding carboxylic acids is 1. The Morgan fingerprint density at radius 3 is 2.88 bits per heavy atom. The summed E-state index contributed by atoms with van der Waals surface area (Å²) in [5, 5.41) is 4.03. The van der Waals surface area contributed by atoms with E-state index in [1.165, 1.54) is 5.56 Å². The van der Waals surface area contributed by atoms with Crippen LogP contribution in [0.5, 0.6) is 0 Å². The van der Waals surface area contributed by atoms with Gasteiger partial charge in [0.05, 0.1) is 5.92 Å². The van der Waals surface area contributed by atoms with E-state index in [0.29, 0.717) is 31.2 Å². The molecule has 0 spiro atoms. The maximum Gasteiger partial charge on any atom is 0.232 e. The highest BCUT2D eigenvalue weighted by atomic mass is 16.5. The molecule has 0 N–H and O–H groups in total. The first kappa shape index (κ1) is 15.5. The molecule has 1 atom stereocenters. The Kier molecular flexibility index (Phi) is 4.01. The number of benzene rings is 1. The summed E-state index contributed by atoms with van der Waals surface area (Å²) in [4.78, 5) is 22.7. The molecule has 1 aliphatic heterocycles. The van der Waals surface area contributed by atoms with Crippen LogP contribution in [0.1, 0.15) is 29.4 Å². The Hall–Kier alpha value is -3.02. The maximum absolute atomic E-state index is 12.4. The lowest BCUT2D eigenvalue weighted by molar-refractivity contribution is -0.128. The first-order valence-electron chi connectivity index (χ1n) is 8.26. The van der Waals surface area contributed by atoms with Crippen molar-refractivity contribution >= 4 is 5.91 Å². The lowest BCUT2D eigenvalue weighted by atomic mass is 10.1. The van der Waals surface area contributed by atoms with E-state index in [0.717, 1.165) is 11.1 Å². The number of hydrogen-bond donors (Lipinski definition) is 0. The van der Waals surface area contributed by atoms with Gasteiger partial charge < -0.3 is 9.42 Å². The van der Waals surface area contributed by atoms with Gasteiger partial charge in [-0.15, -0.1) is 0 Å². The number of carbonyl (C=O) groups is 1. The Labute approximate surface area is 145 Å². The number of hydrogen-bond acceptors (Lipinski definition) is 5. The molecule has 3 heterocycles. The molecule has 1 fully saturated rings. The normalized spacial score (nSPS) is 17.2. The molecule has 25 heavy (non-hydrogen) atoms. The fourth-order valence-electron chi connectivity index (χ4n) is 3.14. The van der Waals surface area contributed by atoms with Crippen molar-refractivity contribution in [2.24, 2.45) is 0 Å². The lowest BCUT2D eigenvalue weighted by Gasteiger charge is -2.16. The van der Waals surface area contributed by atoms with Crippen molar-refractivity contribution in [3.05, 3.63) is 65.8 Å². The Morgan fingerprint density at radius 1 is 1.24 bits per heavy atom. The SMILES string of the molecule is Cc1cccc(CN2CC(c3nc(-c4ccncc4)no3)CC2=O)c1. The highest BCUT2D eigenvalue weighted by Gasteiger charge is 2.34. The third-order valence-corrected chi connectivity index (χ3v) is 4.40. The van der Waals surface area contributed by atoms with E-state index in [4.69, 9.17) is 4.52 Å². The quantitative estimate of drug-likeness (QED) is 0.733. The van der Waals surface area contributed by atoms with E-state index in [1.807, 2.05) is 29.2 Å². The zero-order valence-corrected chi connectivity index (χ0v) is 13.9. The van der Waals surface area contributed by atoms with Crippen molar-refractivity contribution in [2.45, 2.75) is 25.8 Å². The Morgan fingerprint density at radius 2 is 2.08 bits per heavy atom. The molecule has 4 rings (SSSR count). The van der Waals surface area contributed by atoms with E-state index in [-0.39, 0.29) is 11.8 Å². The standard InChI is InChI=1S/C19H18N4O2/c1-13-3-2-4-14(9-13)11-23-12-16(10-17(23)24)19-21-18(22-25-19)15-5-7-20-8-6-15/h2-9,16H,10-12H2,1H3. The minimum absolute atomic E-state index is 0.0552. The second kappa shape index (κ2) is 6.47. The molecule has 1 aliphatic rings. The summed E-state index contributed by atoms with van der Waals surface area (Å²) in [5.74, 6) is 1.12. The van der Waals surface area contributed by atoms with Gasteiger partial charge in [-0.1, -0.05) is 35.0 Å². The van der Waals surface area contributed by atoms with Gasteiger partial charge in [0.1, 0.15) is 0 Å². The summed E-state index contributed by atoms with van der Waals surface area (Å²) < 4.78 is 5.41. The van der Waals surface area contributed by atoms with Crippen molar-refractivity contribution in [1.29, 1.82) is 0 Å². The van der Waals surface area contributed by atoms with E-state index in [9.17, 15) is 4.79 Å². The fourth-order valence-corrected chi connectivity index (χ4v) is 3.14. The van der Waals surface area contributed by atoms with Gasteiger partial charge in [-0.2, -0.15) is 4.98 Å². The summed E-state index contributed by atoms with van der Waals surface area (Å²) >= 11 is 0. The predicted octanol–water partition coefficient (Wildman–Crippen LogP) is 2.96. The van der Waals surface area contributed by atoms with Gasteiger partial charge in [-0.3, -0.25) is 9.78 Å². The van der Waals surface area contributed by atoms with Crippen LogP contribution in [0.3, 0.4) is 0 Å². The highest BCUT2D eigenvalue weighted by molar-refractivity contribution is 5.79. The molecule has 0 aliphatic carbocycles. The van der Waals surface area contributed by atoms with Gasteiger partial charge >= 0.3 is 0 Å². The smallest absolute Gasteiger partial charge is 0.232 e. The first-order valence-corrected chi connectivity index (χ1v) is 8.26. The highest BCUT2D eigenvalue weighted by Crippen LogP contribution is 2.29. The van der Waals surface area contributed by atoms with Gasteiger partial charge in [0.2, 0.25) is 17.6 Å². The topological polar surface area (TPSA) is 72.1 Å². The largest absolute Gasteiger partial charge is 0.339 e. The number of aryl methyl sites for hydroxylation is 1. The van der Waals surface area contributed by atoms with E-state index in [1.54, 1.807) is 12.4 Å². The summed E-state index contributed by atoms with van der Waals surface area (Å²) in [6.07, 6.45) is 3.78. The molecule has 0 bridgehead atoms. The van der Waals surface area contributed by atoms with Crippen molar-refractivity contribution in [2.75, 3.05) is 6.54 Å². The molecule has 6 nitrogen and oxygen atoms in total. The van der Waals surface area contributed by atoms with Crippen LogP contribution in [-0.2, 0) is 11.3 Å². The van der Waals surface area contributed by atoms with Gasteiger partial charge in [-0.05, 0) is 24.6 Å². The molecule has 0 saturated carbocycles. The number of nitrogens with zero attached hydrogens (tertiary/aromatic N) is 4. The molecule has 3 aromatic rings. The van der Waals surface area contributed by atoms with Gasteiger partial charge in [0.15, 0.2) is 0 Å². The summed E-state index contributed by atoms with van der Waals surface area (Å²) in [6, 6.07) is 11.9. The molecule has 126 valence electrons. The van der Waals surface area contributed by atoms with Crippen molar-refractivity contribution < 1.29 is 9.32 Å². The molecular formula is C19H18N4O2. The van der Waals surface area contributed by atoms with Crippen molar-refractivity contribution in [3.63, 3.8) is 0 Å². The molecule has 6 heteroatoms. The number of aromatic nitrogens is 3. The van der Waals surface area contributed by atoms with Crippen LogP contribution < -0.4 is 0 Å². The van der Waals surface area contributed by atoms with Crippen LogP contribution in [0.2, 0.25) is 0 Å². The Bertz CT molecular complexity index is 891. The molecule has 0 radical (unpaired) electrons. The lowest BCUT2D eigenvalue weighted by Crippen LogP contribution is -2.24. The molecule has 2 aromatic heterocycles. The van der Waals surface area contributed by atoms with Gasteiger partial charge in [-0.25, -0.2) is 0 Å². The Balaban J connectivity index is 1.48. The van der Waals surface area contributed by atoms with Crippen LogP contribution in [0.4, 0.5) is 0 Å². The van der Waals surface area contributed by atoms with E-state index >= 15 is 0 Å². The van der Waals surface area contributed by atoms with Crippen molar-refractivity contribution in [1.82, 2.24) is 20.0 Å². The second-order valence-corrected chi connectivity index (χ2v) is 6.36. The predicted molar refractivity (Wildman–Crippen MR) is 91.5 cm³/mol. The number of pyridine rings is 1.